The number of nitrogens with zero attached hydrogens (tertiary/aromatic N) is 1. The summed E-state index contributed by atoms with van der Waals surface area (Å²) in [4.78, 5) is 25.8. The van der Waals surface area contributed by atoms with E-state index in [-0.39, 0.29) is 12.3 Å². The lowest BCUT2D eigenvalue weighted by atomic mass is 10.2. The number of rotatable bonds is 4. The number of carbonyl (C=O) groups is 2. The molecule has 0 saturated heterocycles. The van der Waals surface area contributed by atoms with Crippen molar-refractivity contribution >= 4 is 17.6 Å². The zero-order chi connectivity index (χ0) is 12.1. The molecule has 6 nitrogen and oxygen atoms in total. The van der Waals surface area contributed by atoms with E-state index in [0.29, 0.717) is 11.4 Å². The minimum Gasteiger partial charge on any atom is -0.480 e. The molecule has 0 saturated carbocycles. The molecule has 4 N–H and O–H groups in total. The summed E-state index contributed by atoms with van der Waals surface area (Å²) in [5.74, 6) is -1.45. The molecule has 1 atom stereocenters. The van der Waals surface area contributed by atoms with E-state index in [4.69, 9.17) is 10.8 Å². The molecule has 1 heterocycles. The van der Waals surface area contributed by atoms with E-state index in [0.717, 1.165) is 0 Å². The van der Waals surface area contributed by atoms with Gasteiger partial charge in [0, 0.05) is 5.69 Å². The maximum atomic E-state index is 11.4. The SMILES string of the molecule is CC(NC(=O)Cc1ccc(N)cn1)C(=O)O. The van der Waals surface area contributed by atoms with Gasteiger partial charge in [0.1, 0.15) is 6.04 Å². The Morgan fingerprint density at radius 2 is 2.25 bits per heavy atom. The Morgan fingerprint density at radius 3 is 2.75 bits per heavy atom. The second-order valence-electron chi connectivity index (χ2n) is 3.39. The van der Waals surface area contributed by atoms with Crippen molar-refractivity contribution in [1.82, 2.24) is 10.3 Å². The number of carbonyl (C=O) groups excluding carboxylic acids is 1. The molecular formula is C10H13N3O3. The number of amides is 1. The van der Waals surface area contributed by atoms with Gasteiger partial charge >= 0.3 is 5.97 Å². The molecule has 1 aromatic heterocycles. The second kappa shape index (κ2) is 5.11. The van der Waals surface area contributed by atoms with Crippen molar-refractivity contribution in [3.05, 3.63) is 24.0 Å². The summed E-state index contributed by atoms with van der Waals surface area (Å²) >= 11 is 0. The van der Waals surface area contributed by atoms with Gasteiger partial charge in [0.25, 0.3) is 0 Å². The van der Waals surface area contributed by atoms with Crippen molar-refractivity contribution in [2.45, 2.75) is 19.4 Å². The fraction of sp³-hybridized carbons (Fsp3) is 0.300. The Kier molecular flexibility index (Phi) is 3.82. The number of carboxylic acid groups (broad SMARTS) is 1. The first kappa shape index (κ1) is 12.0. The van der Waals surface area contributed by atoms with Crippen LogP contribution in [0.2, 0.25) is 0 Å². The van der Waals surface area contributed by atoms with Gasteiger partial charge in [-0.15, -0.1) is 0 Å². The summed E-state index contributed by atoms with van der Waals surface area (Å²) in [5, 5.41) is 10.9. The van der Waals surface area contributed by atoms with Crippen molar-refractivity contribution in [2.75, 3.05) is 5.73 Å². The molecule has 1 amide bonds. The van der Waals surface area contributed by atoms with Gasteiger partial charge in [-0.25, -0.2) is 0 Å². The summed E-state index contributed by atoms with van der Waals surface area (Å²) in [6.45, 7) is 1.40. The molecule has 0 bridgehead atoms. The first-order valence-electron chi connectivity index (χ1n) is 4.71. The van der Waals surface area contributed by atoms with Crippen molar-refractivity contribution in [3.8, 4) is 0 Å². The molecule has 0 fully saturated rings. The summed E-state index contributed by atoms with van der Waals surface area (Å²) in [5.41, 5.74) is 6.50. The quantitative estimate of drug-likeness (QED) is 0.655. The number of nitrogen functional groups attached to an aromatic ring is 1. The molecule has 0 aliphatic carbocycles. The van der Waals surface area contributed by atoms with Crippen LogP contribution in [0.5, 0.6) is 0 Å². The van der Waals surface area contributed by atoms with E-state index in [1.807, 2.05) is 0 Å². The topological polar surface area (TPSA) is 105 Å². The Bertz CT molecular complexity index is 389. The number of aromatic nitrogens is 1. The summed E-state index contributed by atoms with van der Waals surface area (Å²) in [6.07, 6.45) is 1.49. The fourth-order valence-electron chi connectivity index (χ4n) is 1.06. The number of anilines is 1. The Hall–Kier alpha value is -2.11. The fourth-order valence-corrected chi connectivity index (χ4v) is 1.06. The predicted octanol–water partition coefficient (Wildman–Crippen LogP) is -0.204. The van der Waals surface area contributed by atoms with Crippen LogP contribution in [0.25, 0.3) is 0 Å². The molecule has 0 aliphatic rings. The van der Waals surface area contributed by atoms with Crippen molar-refractivity contribution in [2.24, 2.45) is 0 Å². The minimum atomic E-state index is -1.07. The standard InChI is InChI=1S/C10H13N3O3/c1-6(10(15)16)13-9(14)4-8-3-2-7(11)5-12-8/h2-3,5-6H,4,11H2,1H3,(H,13,14)(H,15,16). The Morgan fingerprint density at radius 1 is 1.56 bits per heavy atom. The molecule has 86 valence electrons. The highest BCUT2D eigenvalue weighted by Crippen LogP contribution is 2.01. The Balaban J connectivity index is 2.52. The van der Waals surface area contributed by atoms with E-state index in [2.05, 4.69) is 10.3 Å². The summed E-state index contributed by atoms with van der Waals surface area (Å²) in [7, 11) is 0. The highest BCUT2D eigenvalue weighted by Gasteiger charge is 2.14. The van der Waals surface area contributed by atoms with Gasteiger partial charge in [0.15, 0.2) is 0 Å². The number of aliphatic carboxylic acids is 1. The largest absolute Gasteiger partial charge is 0.480 e. The van der Waals surface area contributed by atoms with Crippen LogP contribution < -0.4 is 11.1 Å². The van der Waals surface area contributed by atoms with Crippen LogP contribution >= 0.6 is 0 Å². The third kappa shape index (κ3) is 3.56. The zero-order valence-corrected chi connectivity index (χ0v) is 8.80. The molecule has 0 aliphatic heterocycles. The normalized spacial score (nSPS) is 11.8. The van der Waals surface area contributed by atoms with E-state index >= 15 is 0 Å². The van der Waals surface area contributed by atoms with E-state index in [1.54, 1.807) is 12.1 Å². The smallest absolute Gasteiger partial charge is 0.325 e. The van der Waals surface area contributed by atoms with Crippen LogP contribution in [0.4, 0.5) is 5.69 Å². The number of carboxylic acids is 1. The van der Waals surface area contributed by atoms with Gasteiger partial charge in [0.2, 0.25) is 5.91 Å². The van der Waals surface area contributed by atoms with Crippen LogP contribution in [0.15, 0.2) is 18.3 Å². The monoisotopic (exact) mass is 223 g/mol. The van der Waals surface area contributed by atoms with Crippen LogP contribution in [0.1, 0.15) is 12.6 Å². The lowest BCUT2D eigenvalue weighted by Crippen LogP contribution is -2.39. The third-order valence-electron chi connectivity index (χ3n) is 1.94. The average molecular weight is 223 g/mol. The van der Waals surface area contributed by atoms with Crippen LogP contribution in [0, 0.1) is 0 Å². The maximum Gasteiger partial charge on any atom is 0.325 e. The average Bonchev–Trinajstić information content (AvgIpc) is 2.21. The predicted molar refractivity (Wildman–Crippen MR) is 57.6 cm³/mol. The molecule has 0 spiro atoms. The first-order chi connectivity index (χ1) is 7.49. The lowest BCUT2D eigenvalue weighted by molar-refractivity contribution is -0.141. The molecule has 0 aromatic carbocycles. The summed E-state index contributed by atoms with van der Waals surface area (Å²) in [6, 6.07) is 2.36. The number of nitrogens with two attached hydrogens (primary N) is 1. The number of pyridine rings is 1. The van der Waals surface area contributed by atoms with Crippen LogP contribution in [-0.2, 0) is 16.0 Å². The lowest BCUT2D eigenvalue weighted by Gasteiger charge is -2.08. The van der Waals surface area contributed by atoms with Gasteiger partial charge in [-0.05, 0) is 19.1 Å². The second-order valence-corrected chi connectivity index (χ2v) is 3.39. The van der Waals surface area contributed by atoms with Gasteiger partial charge in [-0.1, -0.05) is 0 Å². The molecular weight excluding hydrogens is 210 g/mol. The van der Waals surface area contributed by atoms with Crippen molar-refractivity contribution in [1.29, 1.82) is 0 Å². The molecule has 6 heteroatoms. The van der Waals surface area contributed by atoms with E-state index in [9.17, 15) is 9.59 Å². The maximum absolute atomic E-state index is 11.4. The van der Waals surface area contributed by atoms with Crippen molar-refractivity contribution in [3.63, 3.8) is 0 Å². The molecule has 0 radical (unpaired) electrons. The third-order valence-corrected chi connectivity index (χ3v) is 1.94. The zero-order valence-electron chi connectivity index (χ0n) is 8.80. The van der Waals surface area contributed by atoms with Gasteiger partial charge in [-0.2, -0.15) is 0 Å². The molecule has 16 heavy (non-hydrogen) atoms. The number of nitrogens with one attached hydrogen (secondary N) is 1. The van der Waals surface area contributed by atoms with E-state index < -0.39 is 12.0 Å². The highest BCUT2D eigenvalue weighted by atomic mass is 16.4. The Labute approximate surface area is 92.5 Å². The van der Waals surface area contributed by atoms with Gasteiger partial charge in [0.05, 0.1) is 18.3 Å². The van der Waals surface area contributed by atoms with Crippen LogP contribution in [-0.4, -0.2) is 28.0 Å². The first-order valence-corrected chi connectivity index (χ1v) is 4.71. The van der Waals surface area contributed by atoms with Gasteiger partial charge in [-0.3, -0.25) is 14.6 Å². The number of hydrogen-bond donors (Lipinski definition) is 3. The van der Waals surface area contributed by atoms with Crippen LogP contribution in [0.3, 0.4) is 0 Å². The van der Waals surface area contributed by atoms with Crippen molar-refractivity contribution < 1.29 is 14.7 Å². The molecule has 1 aromatic rings. The minimum absolute atomic E-state index is 0.0396. The van der Waals surface area contributed by atoms with E-state index in [1.165, 1.54) is 13.1 Å². The number of hydrogen-bond acceptors (Lipinski definition) is 4. The summed E-state index contributed by atoms with van der Waals surface area (Å²) < 4.78 is 0. The molecule has 1 rings (SSSR count). The van der Waals surface area contributed by atoms with Gasteiger partial charge < -0.3 is 16.2 Å². The molecule has 1 unspecified atom stereocenters. The highest BCUT2D eigenvalue weighted by molar-refractivity contribution is 5.84.